The van der Waals surface area contributed by atoms with E-state index in [2.05, 4.69) is 46.9 Å². The predicted octanol–water partition coefficient (Wildman–Crippen LogP) is -6.89. The predicted molar refractivity (Wildman–Crippen MR) is 243 cm³/mol. The van der Waals surface area contributed by atoms with Crippen LogP contribution in [0.4, 0.5) is 13.2 Å². The van der Waals surface area contributed by atoms with E-state index in [1.54, 1.807) is 0 Å². The van der Waals surface area contributed by atoms with Crippen LogP contribution >= 0.6 is 0 Å². The summed E-state index contributed by atoms with van der Waals surface area (Å²) < 4.78 is 31.7. The Morgan fingerprint density at radius 1 is 0.514 bits per heavy atom. The third-order valence-electron chi connectivity index (χ3n) is 9.11. The molecule has 0 radical (unpaired) electrons. The van der Waals surface area contributed by atoms with E-state index in [4.69, 9.17) is 60.9 Å². The normalized spacial score (nSPS) is 13.8. The lowest BCUT2D eigenvalue weighted by Crippen LogP contribution is -2.60. The number of guanidine groups is 3. The summed E-state index contributed by atoms with van der Waals surface area (Å²) in [5, 5.41) is 50.0. The number of alkyl halides is 3. The third-order valence-corrected chi connectivity index (χ3v) is 9.11. The number of halogens is 3. The number of nitrogens with one attached hydrogen (secondary N) is 6. The summed E-state index contributed by atoms with van der Waals surface area (Å²) in [7, 11) is 0. The lowest BCUT2D eigenvalue weighted by molar-refractivity contribution is -0.192. The lowest BCUT2D eigenvalue weighted by atomic mass is 10.0. The van der Waals surface area contributed by atoms with Crippen LogP contribution in [0.5, 0.6) is 0 Å². The highest BCUT2D eigenvalue weighted by Crippen LogP contribution is 2.13. The molecule has 0 unspecified atom stereocenters. The van der Waals surface area contributed by atoms with Crippen LogP contribution in [0.2, 0.25) is 0 Å². The van der Waals surface area contributed by atoms with E-state index in [9.17, 15) is 61.7 Å². The number of unbranched alkanes of at least 4 members (excludes halogenated alkanes) is 1. The fourth-order valence-corrected chi connectivity index (χ4v) is 5.45. The quantitative estimate of drug-likeness (QED) is 0.0165. The molecule has 0 fully saturated rings. The van der Waals surface area contributed by atoms with Crippen molar-refractivity contribution in [3.05, 3.63) is 0 Å². The number of carboxylic acids is 3. The fraction of sp³-hybridized carbons (Fsp3) is 0.676. The topological polar surface area (TPSA) is 552 Å². The number of aliphatic imine (C=N–C) groups is 3. The van der Waals surface area contributed by atoms with Crippen LogP contribution in [0.3, 0.4) is 0 Å². The molecule has 0 saturated carbocycles. The molecule has 0 spiro atoms. The monoisotopic (exact) mass is 1020 g/mol. The second-order valence-corrected chi connectivity index (χ2v) is 15.0. The van der Waals surface area contributed by atoms with Gasteiger partial charge in [-0.05, 0) is 77.7 Å². The van der Waals surface area contributed by atoms with E-state index in [0.717, 1.165) is 0 Å². The van der Waals surface area contributed by atoms with Crippen LogP contribution in [0.15, 0.2) is 15.0 Å². The molecule has 0 aromatic heterocycles. The molecule has 33 heteroatoms. The van der Waals surface area contributed by atoms with Gasteiger partial charge in [0.05, 0.1) is 12.6 Å². The van der Waals surface area contributed by atoms with Crippen molar-refractivity contribution >= 4 is 71.2 Å². The highest BCUT2D eigenvalue weighted by atomic mass is 19.4. The number of carbonyl (C=O) groups excluding carboxylic acids is 6. The molecule has 0 aliphatic rings. The Bertz CT molecular complexity index is 1810. The molecule has 30 nitrogen and oxygen atoms in total. The maximum atomic E-state index is 13.7. The van der Waals surface area contributed by atoms with E-state index in [1.165, 1.54) is 6.92 Å². The van der Waals surface area contributed by atoms with Crippen molar-refractivity contribution in [3.8, 4) is 0 Å². The zero-order chi connectivity index (χ0) is 54.1. The molecule has 0 bridgehead atoms. The largest absolute Gasteiger partial charge is 0.490 e. The van der Waals surface area contributed by atoms with Crippen molar-refractivity contribution in [3.63, 3.8) is 0 Å². The first-order chi connectivity index (χ1) is 32.6. The molecular formula is C37H68F3N17O13. The smallest absolute Gasteiger partial charge is 0.481 e. The minimum atomic E-state index is -5.08. The molecule has 0 aliphatic heterocycles. The summed E-state index contributed by atoms with van der Waals surface area (Å²) in [6.45, 7) is 0.752. The molecular weight excluding hydrogens is 948 g/mol. The molecule has 26 N–H and O–H groups in total. The van der Waals surface area contributed by atoms with Gasteiger partial charge in [0, 0.05) is 26.1 Å². The number of hydrogen-bond donors (Lipinski definition) is 18. The number of carboxylic acid groups (broad SMARTS) is 3. The summed E-state index contributed by atoms with van der Waals surface area (Å²) in [6, 6.07) is -9.75. The van der Waals surface area contributed by atoms with Gasteiger partial charge in [-0.2, -0.15) is 13.2 Å². The minimum absolute atomic E-state index is 0.00230. The molecule has 70 heavy (non-hydrogen) atoms. The van der Waals surface area contributed by atoms with Crippen LogP contribution in [-0.4, -0.2) is 173 Å². The van der Waals surface area contributed by atoms with Crippen LogP contribution in [0.25, 0.3) is 0 Å². The molecule has 0 aromatic rings. The van der Waals surface area contributed by atoms with Gasteiger partial charge in [-0.15, -0.1) is 0 Å². The van der Waals surface area contributed by atoms with Crippen LogP contribution < -0.4 is 77.8 Å². The summed E-state index contributed by atoms with van der Waals surface area (Å²) in [5.74, 6) is -11.6. The second kappa shape index (κ2) is 34.9. The summed E-state index contributed by atoms with van der Waals surface area (Å²) in [4.78, 5) is 123. The molecule has 6 amide bonds. The molecule has 0 saturated heterocycles. The average Bonchev–Trinajstić information content (AvgIpc) is 3.26. The van der Waals surface area contributed by atoms with E-state index in [0.29, 0.717) is 25.8 Å². The van der Waals surface area contributed by atoms with Crippen molar-refractivity contribution in [2.45, 2.75) is 126 Å². The Balaban J connectivity index is 0. The minimum Gasteiger partial charge on any atom is -0.481 e. The summed E-state index contributed by atoms with van der Waals surface area (Å²) in [6.07, 6.45) is -4.56. The van der Waals surface area contributed by atoms with Gasteiger partial charge in [0.1, 0.15) is 36.3 Å². The van der Waals surface area contributed by atoms with Gasteiger partial charge >= 0.3 is 24.1 Å². The Hall–Kier alpha value is -7.29. The number of aliphatic hydroxyl groups excluding tert-OH is 1. The van der Waals surface area contributed by atoms with Gasteiger partial charge in [0.15, 0.2) is 17.9 Å². The maximum Gasteiger partial charge on any atom is 0.490 e. The number of rotatable bonds is 33. The Labute approximate surface area is 399 Å². The van der Waals surface area contributed by atoms with E-state index >= 15 is 0 Å². The number of amides is 6. The number of aliphatic hydroxyl groups is 1. The number of nitrogens with zero attached hydrogens (tertiary/aromatic N) is 3. The highest BCUT2D eigenvalue weighted by Gasteiger charge is 2.38. The van der Waals surface area contributed by atoms with Crippen LogP contribution in [-0.2, 0) is 43.2 Å². The zero-order valence-electron chi connectivity index (χ0n) is 38.4. The van der Waals surface area contributed by atoms with Crippen molar-refractivity contribution in [2.24, 2.45) is 60.8 Å². The van der Waals surface area contributed by atoms with Gasteiger partial charge in [-0.25, -0.2) is 9.59 Å². The van der Waals surface area contributed by atoms with Crippen molar-refractivity contribution in [1.29, 1.82) is 0 Å². The lowest BCUT2D eigenvalue weighted by Gasteiger charge is -2.26. The van der Waals surface area contributed by atoms with Crippen LogP contribution in [0.1, 0.15) is 77.6 Å². The fourth-order valence-electron chi connectivity index (χ4n) is 5.45. The second-order valence-electron chi connectivity index (χ2n) is 15.0. The highest BCUT2D eigenvalue weighted by molar-refractivity contribution is 5.97. The van der Waals surface area contributed by atoms with E-state index < -0.39 is 121 Å². The SMILES string of the molecule is C[C@H](NC(=O)[C@H](CCCN=C(N)N)NC(=O)[C@H](CO)NC(=O)[C@H](CCCN=C(N)N)NC(=O)[C@H](CCCCN)NC(=O)[C@@H](N)CCCN=C(N)N)C(=O)N[C@@H](CCC(=O)O)C(=O)O.O=C(O)C(F)(F)F. The van der Waals surface area contributed by atoms with Crippen molar-refractivity contribution < 1.29 is 76.7 Å². The van der Waals surface area contributed by atoms with E-state index in [1.807, 2.05) is 0 Å². The maximum absolute atomic E-state index is 13.7. The zero-order valence-corrected chi connectivity index (χ0v) is 38.4. The van der Waals surface area contributed by atoms with Gasteiger partial charge in [0.2, 0.25) is 35.4 Å². The molecule has 0 rings (SSSR count). The first-order valence-corrected chi connectivity index (χ1v) is 21.4. The van der Waals surface area contributed by atoms with Gasteiger partial charge < -0.3 is 98.2 Å². The average molecular weight is 1020 g/mol. The Morgan fingerprint density at radius 3 is 1.24 bits per heavy atom. The number of hydrogen-bond acceptors (Lipinski definition) is 15. The third kappa shape index (κ3) is 30.9. The van der Waals surface area contributed by atoms with Crippen LogP contribution in [0, 0.1) is 0 Å². The van der Waals surface area contributed by atoms with Gasteiger partial charge in [-0.1, -0.05) is 0 Å². The Morgan fingerprint density at radius 2 is 0.871 bits per heavy atom. The summed E-state index contributed by atoms with van der Waals surface area (Å²) in [5.41, 5.74) is 43.9. The van der Waals surface area contributed by atoms with Crippen molar-refractivity contribution in [1.82, 2.24) is 31.9 Å². The standard InChI is InChI=1S/C35H67N17O11.C2HF3O2/c1-18(26(56)51-23(32(62)63)11-12-25(54)55)47-28(58)21(9-5-15-45-34(40)41)50-31(61)24(17-53)52-30(60)22(10-6-16-46-35(42)43)49-29(59)20(8-2-3-13-36)48-27(57)19(37)7-4-14-44-33(38)39;3-2(4,5)1(6)7/h18-24,53H,2-17,36-37H2,1H3,(H,47,58)(H,48,57)(H,49,59)(H,50,61)(H,51,56)(H,52,60)(H,54,55)(H,62,63)(H4,38,39,44)(H4,40,41,45)(H4,42,43,46);(H,6,7)/t18-,19-,20-,21-,22-,23-,24-;/m0./s1. The molecule has 400 valence electrons. The first-order valence-electron chi connectivity index (χ1n) is 21.4. The van der Waals surface area contributed by atoms with Gasteiger partial charge in [0.25, 0.3) is 0 Å². The molecule has 0 heterocycles. The molecule has 0 aliphatic carbocycles. The number of carbonyl (C=O) groups is 9. The molecule has 7 atom stereocenters. The summed E-state index contributed by atoms with van der Waals surface area (Å²) >= 11 is 0. The first kappa shape index (κ1) is 64.8. The number of aliphatic carboxylic acids is 3. The van der Waals surface area contributed by atoms with Gasteiger partial charge in [-0.3, -0.25) is 48.5 Å². The number of nitrogens with two attached hydrogens (primary N) is 8. The van der Waals surface area contributed by atoms with Crippen molar-refractivity contribution in [2.75, 3.05) is 32.8 Å². The van der Waals surface area contributed by atoms with E-state index in [-0.39, 0.29) is 76.0 Å². The Kier molecular flexibility index (Phi) is 32.3. The molecule has 0 aromatic carbocycles.